The number of benzene rings is 3. The smallest absolute Gasteiger partial charge is 0.340 e. The van der Waals surface area contributed by atoms with Crippen LogP contribution in [0.1, 0.15) is 39.7 Å². The van der Waals surface area contributed by atoms with Gasteiger partial charge in [0.2, 0.25) is 10.0 Å². The third-order valence-electron chi connectivity index (χ3n) is 6.01. The van der Waals surface area contributed by atoms with Crippen molar-refractivity contribution in [2.75, 3.05) is 6.61 Å². The van der Waals surface area contributed by atoms with Crippen molar-refractivity contribution in [2.45, 2.75) is 25.2 Å². The number of esters is 1. The number of carbonyl (C=O) groups excluding carboxylic acids is 1. The molecule has 0 saturated heterocycles. The van der Waals surface area contributed by atoms with E-state index in [1.54, 1.807) is 43.5 Å². The minimum Gasteiger partial charge on any atom is -0.462 e. The molecular weight excluding hydrogens is 488 g/mol. The molecule has 37 heavy (non-hydrogen) atoms. The number of nitrogens with one attached hydrogen (secondary N) is 2. The molecule has 0 spiro atoms. The Hall–Kier alpha value is -4.21. The highest BCUT2D eigenvalue weighted by Gasteiger charge is 2.22. The Balaban J connectivity index is 1.75. The molecule has 1 aromatic heterocycles. The molecule has 4 aromatic rings. The predicted molar refractivity (Wildman–Crippen MR) is 144 cm³/mol. The van der Waals surface area contributed by atoms with Gasteiger partial charge < -0.3 is 15.5 Å². The average Bonchev–Trinajstić information content (AvgIpc) is 3.27. The van der Waals surface area contributed by atoms with Crippen molar-refractivity contribution in [3.63, 3.8) is 0 Å². The van der Waals surface area contributed by atoms with Gasteiger partial charge >= 0.3 is 5.97 Å². The molecule has 8 nitrogen and oxygen atoms in total. The van der Waals surface area contributed by atoms with E-state index in [-0.39, 0.29) is 17.3 Å². The van der Waals surface area contributed by atoms with E-state index in [1.807, 2.05) is 37.3 Å². The van der Waals surface area contributed by atoms with Crippen molar-refractivity contribution in [1.82, 2.24) is 4.98 Å². The number of aromatic nitrogens is 1. The lowest BCUT2D eigenvalue weighted by molar-refractivity contribution is 0.0526. The maximum absolute atomic E-state index is 13.0. The Kier molecular flexibility index (Phi) is 7.28. The highest BCUT2D eigenvalue weighted by atomic mass is 32.2. The Morgan fingerprint density at radius 2 is 1.68 bits per heavy atom. The van der Waals surface area contributed by atoms with Gasteiger partial charge in [-0.2, -0.15) is 0 Å². The molecule has 0 radical (unpaired) electrons. The topological polar surface area (TPSA) is 152 Å². The summed E-state index contributed by atoms with van der Waals surface area (Å²) in [4.78, 5) is 16.3. The van der Waals surface area contributed by atoms with Crippen LogP contribution >= 0.6 is 0 Å². The Morgan fingerprint density at radius 3 is 2.30 bits per heavy atom. The molecule has 0 atom stereocenters. The van der Waals surface area contributed by atoms with E-state index in [4.69, 9.17) is 21.0 Å². The molecule has 0 saturated carbocycles. The first-order valence-corrected chi connectivity index (χ1v) is 13.2. The summed E-state index contributed by atoms with van der Waals surface area (Å²) in [5.74, 6) is -0.477. The van der Waals surface area contributed by atoms with Crippen LogP contribution in [0, 0.1) is 12.3 Å². The second-order valence-electron chi connectivity index (χ2n) is 8.69. The molecule has 190 valence electrons. The number of nitrogens with two attached hydrogens (primary N) is 2. The summed E-state index contributed by atoms with van der Waals surface area (Å²) in [7, 11) is -3.91. The van der Waals surface area contributed by atoms with Crippen molar-refractivity contribution in [1.29, 1.82) is 5.41 Å². The van der Waals surface area contributed by atoms with Crippen LogP contribution in [0.4, 0.5) is 0 Å². The first-order valence-electron chi connectivity index (χ1n) is 11.6. The first kappa shape index (κ1) is 25.9. The van der Waals surface area contributed by atoms with Crippen LogP contribution in [-0.4, -0.2) is 31.8 Å². The number of rotatable bonds is 8. The number of hydrogen-bond acceptors (Lipinski definition) is 5. The second-order valence-corrected chi connectivity index (χ2v) is 10.2. The van der Waals surface area contributed by atoms with Gasteiger partial charge in [0.15, 0.2) is 0 Å². The van der Waals surface area contributed by atoms with E-state index in [2.05, 4.69) is 4.98 Å². The monoisotopic (exact) mass is 516 g/mol. The average molecular weight is 517 g/mol. The summed E-state index contributed by atoms with van der Waals surface area (Å²) < 4.78 is 29.6. The highest BCUT2D eigenvalue weighted by molar-refractivity contribution is 7.89. The van der Waals surface area contributed by atoms with Gasteiger partial charge in [0, 0.05) is 35.0 Å². The lowest BCUT2D eigenvalue weighted by Crippen LogP contribution is -2.13. The molecule has 1 heterocycles. The Labute approximate surface area is 215 Å². The summed E-state index contributed by atoms with van der Waals surface area (Å²) in [5, 5.41) is 13.1. The molecule has 0 aliphatic rings. The SMILES string of the molecule is CCOC(=O)c1c(-c2ccc(-c3cc(C)ccc3S(N)(=O)=O)cc2)c[nH]c1Cc1cccc(C(=N)N)c1. The van der Waals surface area contributed by atoms with Crippen LogP contribution in [0.5, 0.6) is 0 Å². The van der Waals surface area contributed by atoms with Gasteiger partial charge in [0.25, 0.3) is 0 Å². The van der Waals surface area contributed by atoms with E-state index >= 15 is 0 Å². The largest absolute Gasteiger partial charge is 0.462 e. The van der Waals surface area contributed by atoms with Crippen LogP contribution in [0.2, 0.25) is 0 Å². The maximum Gasteiger partial charge on any atom is 0.340 e. The normalized spacial score (nSPS) is 11.3. The molecule has 0 amide bonds. The number of aromatic amines is 1. The minimum absolute atomic E-state index is 0.0288. The van der Waals surface area contributed by atoms with E-state index < -0.39 is 16.0 Å². The fourth-order valence-electron chi connectivity index (χ4n) is 4.27. The number of sulfonamides is 1. The van der Waals surface area contributed by atoms with Crippen LogP contribution in [0.3, 0.4) is 0 Å². The van der Waals surface area contributed by atoms with Crippen molar-refractivity contribution in [3.05, 3.63) is 101 Å². The molecule has 0 aliphatic carbocycles. The fourth-order valence-corrected chi connectivity index (χ4v) is 5.01. The third-order valence-corrected chi connectivity index (χ3v) is 6.98. The van der Waals surface area contributed by atoms with Crippen molar-refractivity contribution in [3.8, 4) is 22.3 Å². The van der Waals surface area contributed by atoms with Gasteiger partial charge in [-0.25, -0.2) is 18.4 Å². The van der Waals surface area contributed by atoms with E-state index in [1.165, 1.54) is 6.07 Å². The first-order chi connectivity index (χ1) is 17.6. The van der Waals surface area contributed by atoms with Gasteiger partial charge in [-0.3, -0.25) is 5.41 Å². The van der Waals surface area contributed by atoms with Crippen molar-refractivity contribution >= 4 is 21.8 Å². The third kappa shape index (κ3) is 5.63. The molecule has 6 N–H and O–H groups in total. The summed E-state index contributed by atoms with van der Waals surface area (Å²) in [5.41, 5.74) is 11.7. The summed E-state index contributed by atoms with van der Waals surface area (Å²) in [6, 6.07) is 19.6. The number of primary sulfonamides is 1. The summed E-state index contributed by atoms with van der Waals surface area (Å²) in [6.07, 6.45) is 2.17. The maximum atomic E-state index is 13.0. The van der Waals surface area contributed by atoms with Gasteiger partial charge in [0.1, 0.15) is 5.84 Å². The molecule has 0 aliphatic heterocycles. The molecule has 0 bridgehead atoms. The van der Waals surface area contributed by atoms with Gasteiger partial charge in [-0.15, -0.1) is 0 Å². The molecule has 9 heteroatoms. The summed E-state index contributed by atoms with van der Waals surface area (Å²) in [6.45, 7) is 3.86. The van der Waals surface area contributed by atoms with Crippen LogP contribution < -0.4 is 10.9 Å². The van der Waals surface area contributed by atoms with Gasteiger partial charge in [-0.05, 0) is 42.7 Å². The molecule has 0 fully saturated rings. The zero-order chi connectivity index (χ0) is 26.7. The quantitative estimate of drug-likeness (QED) is 0.156. The number of H-pyrrole nitrogens is 1. The standard InChI is InChI=1S/C28H28N4O4S/c1-3-36-28(33)26-23(16-32-24(26)15-18-5-4-6-21(14-18)27(29)30)20-10-8-19(9-11-20)22-13-17(2)7-12-25(22)37(31,34)35/h4-14,16,32H,3,15H2,1-2H3,(H3,29,30)(H2,31,34,35). The number of aryl methyl sites for hydroxylation is 1. The molecule has 4 rings (SSSR count). The number of carbonyl (C=O) groups is 1. The lowest BCUT2D eigenvalue weighted by Gasteiger charge is -2.11. The summed E-state index contributed by atoms with van der Waals surface area (Å²) >= 11 is 0. The zero-order valence-electron chi connectivity index (χ0n) is 20.5. The number of nitrogen functional groups attached to an aromatic ring is 1. The van der Waals surface area contributed by atoms with E-state index in [9.17, 15) is 13.2 Å². The minimum atomic E-state index is -3.91. The van der Waals surface area contributed by atoms with Crippen molar-refractivity contribution in [2.24, 2.45) is 10.9 Å². The fraction of sp³-hybridized carbons (Fsp3) is 0.143. The van der Waals surface area contributed by atoms with E-state index in [0.29, 0.717) is 39.9 Å². The Morgan fingerprint density at radius 1 is 1.00 bits per heavy atom. The van der Waals surface area contributed by atoms with Crippen LogP contribution in [-0.2, 0) is 21.2 Å². The van der Waals surface area contributed by atoms with Crippen LogP contribution in [0.25, 0.3) is 22.3 Å². The number of ether oxygens (including phenoxy) is 1. The van der Waals surface area contributed by atoms with Gasteiger partial charge in [-0.1, -0.05) is 60.2 Å². The number of hydrogen-bond donors (Lipinski definition) is 4. The Bertz CT molecular complexity index is 1590. The predicted octanol–water partition coefficient (Wildman–Crippen LogP) is 4.36. The number of amidine groups is 1. The zero-order valence-corrected chi connectivity index (χ0v) is 21.4. The molecule has 0 unspecified atom stereocenters. The molecular formula is C28H28N4O4S. The highest BCUT2D eigenvalue weighted by Crippen LogP contribution is 2.33. The second kappa shape index (κ2) is 10.4. The van der Waals surface area contributed by atoms with E-state index in [0.717, 1.165) is 16.7 Å². The van der Waals surface area contributed by atoms with Crippen molar-refractivity contribution < 1.29 is 17.9 Å². The lowest BCUT2D eigenvalue weighted by atomic mass is 9.96. The van der Waals surface area contributed by atoms with Gasteiger partial charge in [0.05, 0.1) is 17.1 Å². The van der Waals surface area contributed by atoms with Crippen LogP contribution in [0.15, 0.2) is 77.8 Å². The molecule has 3 aromatic carbocycles.